The summed E-state index contributed by atoms with van der Waals surface area (Å²) < 4.78 is 14.7. The van der Waals surface area contributed by atoms with Crippen molar-refractivity contribution >= 4 is 0 Å². The van der Waals surface area contributed by atoms with E-state index < -0.39 is 0 Å². The van der Waals surface area contributed by atoms with Gasteiger partial charge in [0.25, 0.3) is 0 Å². The highest BCUT2D eigenvalue weighted by Crippen LogP contribution is 2.02. The van der Waals surface area contributed by atoms with Crippen molar-refractivity contribution in [3.63, 3.8) is 0 Å². The molecule has 2 aromatic rings. The van der Waals surface area contributed by atoms with Gasteiger partial charge in [-0.25, -0.2) is 4.39 Å². The molecule has 0 radical (unpaired) electrons. The molecule has 1 aromatic heterocycles. The number of halogens is 1. The van der Waals surface area contributed by atoms with Crippen LogP contribution >= 0.6 is 0 Å². The predicted octanol–water partition coefficient (Wildman–Crippen LogP) is 1.60. The molecule has 0 aliphatic carbocycles. The maximum atomic E-state index is 12.9. The third-order valence-electron chi connectivity index (χ3n) is 2.43. The molecule has 0 amide bonds. The third-order valence-corrected chi connectivity index (χ3v) is 2.43. The van der Waals surface area contributed by atoms with E-state index in [1.165, 1.54) is 6.07 Å². The maximum absolute atomic E-state index is 12.9. The lowest BCUT2D eigenvalue weighted by molar-refractivity contribution is 0.529. The van der Waals surface area contributed by atoms with E-state index in [1.54, 1.807) is 23.0 Å². The molecule has 0 atom stereocenters. The first-order valence-corrected chi connectivity index (χ1v) is 5.64. The zero-order valence-corrected chi connectivity index (χ0v) is 9.51. The van der Waals surface area contributed by atoms with Crippen LogP contribution < -0.4 is 5.32 Å². The second-order valence-corrected chi connectivity index (χ2v) is 3.83. The normalized spacial score (nSPS) is 10.6. The van der Waals surface area contributed by atoms with Crippen LogP contribution in [0, 0.1) is 5.82 Å². The Kier molecular flexibility index (Phi) is 4.21. The zero-order chi connectivity index (χ0) is 11.9. The Hall–Kier alpha value is -1.75. The smallest absolute Gasteiger partial charge is 0.123 e. The minimum Gasteiger partial charge on any atom is -0.313 e. The Morgan fingerprint density at radius 3 is 3.06 bits per heavy atom. The highest BCUT2D eigenvalue weighted by atomic mass is 19.1. The largest absolute Gasteiger partial charge is 0.313 e. The summed E-state index contributed by atoms with van der Waals surface area (Å²) in [4.78, 5) is 0. The van der Waals surface area contributed by atoms with Crippen LogP contribution in [0.15, 0.2) is 36.7 Å². The van der Waals surface area contributed by atoms with Crippen LogP contribution in [0.5, 0.6) is 0 Å². The van der Waals surface area contributed by atoms with Gasteiger partial charge in [0.05, 0.1) is 6.20 Å². The van der Waals surface area contributed by atoms with Crippen LogP contribution in [0.1, 0.15) is 12.0 Å². The number of nitrogens with zero attached hydrogens (tertiary/aromatic N) is 3. The molecule has 0 fully saturated rings. The lowest BCUT2D eigenvalue weighted by Crippen LogP contribution is -2.16. The van der Waals surface area contributed by atoms with Gasteiger partial charge in [-0.1, -0.05) is 17.3 Å². The fourth-order valence-electron chi connectivity index (χ4n) is 1.60. The van der Waals surface area contributed by atoms with E-state index in [-0.39, 0.29) is 5.82 Å². The number of hydrogen-bond acceptors (Lipinski definition) is 3. The Bertz CT molecular complexity index is 442. The molecular weight excluding hydrogens is 219 g/mol. The molecule has 0 aliphatic rings. The third kappa shape index (κ3) is 3.96. The lowest BCUT2D eigenvalue weighted by atomic mass is 10.2. The van der Waals surface area contributed by atoms with Gasteiger partial charge in [0.15, 0.2) is 0 Å². The summed E-state index contributed by atoms with van der Waals surface area (Å²) in [5.74, 6) is -0.188. The number of aryl methyl sites for hydroxylation is 1. The average molecular weight is 234 g/mol. The van der Waals surface area contributed by atoms with Crippen molar-refractivity contribution in [1.82, 2.24) is 20.3 Å². The second-order valence-electron chi connectivity index (χ2n) is 3.83. The van der Waals surface area contributed by atoms with Gasteiger partial charge in [0.2, 0.25) is 0 Å². The monoisotopic (exact) mass is 234 g/mol. The molecule has 5 heteroatoms. The van der Waals surface area contributed by atoms with Gasteiger partial charge >= 0.3 is 0 Å². The molecule has 90 valence electrons. The first-order valence-electron chi connectivity index (χ1n) is 5.64. The number of nitrogens with one attached hydrogen (secondary N) is 1. The Morgan fingerprint density at radius 2 is 2.29 bits per heavy atom. The molecule has 0 spiro atoms. The Labute approximate surface area is 99.5 Å². The number of hydrogen-bond donors (Lipinski definition) is 1. The van der Waals surface area contributed by atoms with Gasteiger partial charge in [-0.05, 0) is 30.7 Å². The first kappa shape index (κ1) is 11.7. The summed E-state index contributed by atoms with van der Waals surface area (Å²) in [6, 6.07) is 6.63. The molecule has 2 rings (SSSR count). The number of benzene rings is 1. The van der Waals surface area contributed by atoms with E-state index in [4.69, 9.17) is 0 Å². The highest BCUT2D eigenvalue weighted by molar-refractivity contribution is 5.15. The molecule has 0 saturated carbocycles. The first-order chi connectivity index (χ1) is 8.34. The number of rotatable bonds is 6. The van der Waals surface area contributed by atoms with Crippen LogP contribution in [-0.2, 0) is 13.1 Å². The molecule has 1 aromatic carbocycles. The van der Waals surface area contributed by atoms with E-state index in [2.05, 4.69) is 15.6 Å². The van der Waals surface area contributed by atoms with Crippen molar-refractivity contribution in [2.24, 2.45) is 0 Å². The summed E-state index contributed by atoms with van der Waals surface area (Å²) >= 11 is 0. The van der Waals surface area contributed by atoms with Crippen LogP contribution in [0.25, 0.3) is 0 Å². The van der Waals surface area contributed by atoms with Gasteiger partial charge < -0.3 is 5.32 Å². The highest BCUT2D eigenvalue weighted by Gasteiger charge is 1.95. The van der Waals surface area contributed by atoms with Gasteiger partial charge in [-0.15, -0.1) is 5.10 Å². The van der Waals surface area contributed by atoms with Crippen LogP contribution in [0.3, 0.4) is 0 Å². The van der Waals surface area contributed by atoms with E-state index >= 15 is 0 Å². The minimum absolute atomic E-state index is 0.188. The summed E-state index contributed by atoms with van der Waals surface area (Å²) in [7, 11) is 0. The van der Waals surface area contributed by atoms with Crippen LogP contribution in [0.2, 0.25) is 0 Å². The number of aromatic nitrogens is 3. The minimum atomic E-state index is -0.188. The fraction of sp³-hybridized carbons (Fsp3) is 0.333. The molecule has 0 bridgehead atoms. The lowest BCUT2D eigenvalue weighted by Gasteiger charge is -2.05. The van der Waals surface area contributed by atoms with Gasteiger partial charge in [-0.2, -0.15) is 0 Å². The molecular formula is C12H15FN4. The molecule has 4 nitrogen and oxygen atoms in total. The topological polar surface area (TPSA) is 42.7 Å². The van der Waals surface area contributed by atoms with Crippen molar-refractivity contribution < 1.29 is 4.39 Å². The summed E-state index contributed by atoms with van der Waals surface area (Å²) in [5.41, 5.74) is 0.964. The summed E-state index contributed by atoms with van der Waals surface area (Å²) in [6.07, 6.45) is 4.48. The van der Waals surface area contributed by atoms with Crippen molar-refractivity contribution in [3.8, 4) is 0 Å². The van der Waals surface area contributed by atoms with E-state index in [0.717, 1.165) is 25.1 Å². The van der Waals surface area contributed by atoms with E-state index in [9.17, 15) is 4.39 Å². The zero-order valence-electron chi connectivity index (χ0n) is 9.51. The molecule has 17 heavy (non-hydrogen) atoms. The molecule has 1 N–H and O–H groups in total. The van der Waals surface area contributed by atoms with Crippen molar-refractivity contribution in [2.45, 2.75) is 19.5 Å². The fourth-order valence-corrected chi connectivity index (χ4v) is 1.60. The molecule has 0 unspecified atom stereocenters. The molecule has 0 saturated heterocycles. The van der Waals surface area contributed by atoms with Gasteiger partial charge in [0, 0.05) is 19.3 Å². The van der Waals surface area contributed by atoms with Crippen LogP contribution in [0.4, 0.5) is 4.39 Å². The maximum Gasteiger partial charge on any atom is 0.123 e. The Morgan fingerprint density at radius 1 is 1.35 bits per heavy atom. The quantitative estimate of drug-likeness (QED) is 0.772. The molecule has 0 aliphatic heterocycles. The SMILES string of the molecule is Fc1cccc(CNCCCn2ccnn2)c1. The Balaban J connectivity index is 1.63. The molecule has 1 heterocycles. The van der Waals surface area contributed by atoms with Crippen molar-refractivity contribution in [3.05, 3.63) is 48.0 Å². The summed E-state index contributed by atoms with van der Waals surface area (Å²) in [5, 5.41) is 10.9. The average Bonchev–Trinajstić information content (AvgIpc) is 2.82. The predicted molar refractivity (Wildman–Crippen MR) is 62.7 cm³/mol. The van der Waals surface area contributed by atoms with Gasteiger partial charge in [-0.3, -0.25) is 4.68 Å². The van der Waals surface area contributed by atoms with E-state index in [1.807, 2.05) is 12.3 Å². The van der Waals surface area contributed by atoms with Crippen molar-refractivity contribution in [1.29, 1.82) is 0 Å². The summed E-state index contributed by atoms with van der Waals surface area (Å²) in [6.45, 7) is 2.40. The van der Waals surface area contributed by atoms with Crippen LogP contribution in [-0.4, -0.2) is 21.5 Å². The second kappa shape index (κ2) is 6.10. The van der Waals surface area contributed by atoms with Gasteiger partial charge in [0.1, 0.15) is 5.82 Å². The van der Waals surface area contributed by atoms with E-state index in [0.29, 0.717) is 6.54 Å². The standard InChI is InChI=1S/C12H15FN4/c13-12-4-1-3-11(9-12)10-14-5-2-7-17-8-6-15-16-17/h1,3-4,6,8-9,14H,2,5,7,10H2. The van der Waals surface area contributed by atoms with Crippen molar-refractivity contribution in [2.75, 3.05) is 6.54 Å².